The quantitative estimate of drug-likeness (QED) is 0.519. The Morgan fingerprint density at radius 3 is 2.21 bits per heavy atom. The van der Waals surface area contributed by atoms with E-state index in [2.05, 4.69) is 5.32 Å². The van der Waals surface area contributed by atoms with Gasteiger partial charge in [0.05, 0.1) is 11.9 Å². The third kappa shape index (κ3) is 7.62. The summed E-state index contributed by atoms with van der Waals surface area (Å²) in [6.45, 7) is 5.41. The van der Waals surface area contributed by atoms with Gasteiger partial charge in [-0.3, -0.25) is 13.9 Å². The highest BCUT2D eigenvalue weighted by Gasteiger charge is 2.30. The molecule has 1 atom stereocenters. The van der Waals surface area contributed by atoms with Crippen LogP contribution in [-0.4, -0.2) is 50.5 Å². The van der Waals surface area contributed by atoms with Crippen LogP contribution in [0.1, 0.15) is 31.4 Å². The minimum atomic E-state index is -3.80. The van der Waals surface area contributed by atoms with Crippen LogP contribution in [0.5, 0.6) is 0 Å². The summed E-state index contributed by atoms with van der Waals surface area (Å²) < 4.78 is 26.2. The second-order valence-electron chi connectivity index (χ2n) is 7.82. The molecule has 0 heterocycles. The summed E-state index contributed by atoms with van der Waals surface area (Å²) in [5, 5.41) is 3.80. The average molecular weight is 514 g/mol. The maximum atomic E-state index is 13.4. The van der Waals surface area contributed by atoms with Gasteiger partial charge >= 0.3 is 0 Å². The fourth-order valence-corrected chi connectivity index (χ4v) is 4.52. The smallest absolute Gasteiger partial charge is 0.244 e. The van der Waals surface area contributed by atoms with Crippen molar-refractivity contribution in [3.8, 4) is 0 Å². The molecular weight excluding hydrogens is 485 g/mol. The summed E-state index contributed by atoms with van der Waals surface area (Å²) in [4.78, 5) is 27.5. The van der Waals surface area contributed by atoms with E-state index in [9.17, 15) is 18.0 Å². The van der Waals surface area contributed by atoms with Gasteiger partial charge in [0.1, 0.15) is 12.6 Å². The summed E-state index contributed by atoms with van der Waals surface area (Å²) in [6.07, 6.45) is 1.79. The Balaban J connectivity index is 2.39. The molecule has 180 valence electrons. The molecule has 0 aromatic heterocycles. The number of halogens is 2. The normalized spacial score (nSPS) is 12.2. The standard InChI is InChI=1S/C23H29Cl2N3O4S/c1-5-12-26-23(30)17(3)27(14-18-6-8-19(24)9-7-18)22(29)15-28(33(4,31)32)21-11-10-20(25)13-16(21)2/h6-11,13,17H,5,12,14-15H2,1-4H3,(H,26,30). The van der Waals surface area contributed by atoms with E-state index in [0.717, 1.165) is 22.5 Å². The van der Waals surface area contributed by atoms with Crippen LogP contribution >= 0.6 is 23.2 Å². The molecule has 0 aliphatic rings. The molecule has 0 spiro atoms. The molecule has 1 N–H and O–H groups in total. The summed E-state index contributed by atoms with van der Waals surface area (Å²) in [5.41, 5.74) is 1.72. The van der Waals surface area contributed by atoms with Gasteiger partial charge in [-0.1, -0.05) is 42.3 Å². The van der Waals surface area contributed by atoms with E-state index in [-0.39, 0.29) is 12.5 Å². The predicted octanol–water partition coefficient (Wildman–Crippen LogP) is 4.01. The lowest BCUT2D eigenvalue weighted by atomic mass is 10.1. The maximum Gasteiger partial charge on any atom is 0.244 e. The van der Waals surface area contributed by atoms with Gasteiger partial charge in [-0.2, -0.15) is 0 Å². The number of carbonyl (C=O) groups excluding carboxylic acids is 2. The van der Waals surface area contributed by atoms with Gasteiger partial charge in [0.25, 0.3) is 0 Å². The molecule has 0 fully saturated rings. The number of benzene rings is 2. The monoisotopic (exact) mass is 513 g/mol. The molecular formula is C23H29Cl2N3O4S. The molecule has 2 rings (SSSR count). The Morgan fingerprint density at radius 1 is 1.06 bits per heavy atom. The van der Waals surface area contributed by atoms with E-state index in [1.807, 2.05) is 6.92 Å². The van der Waals surface area contributed by atoms with Gasteiger partial charge in [-0.05, 0) is 61.7 Å². The lowest BCUT2D eigenvalue weighted by Gasteiger charge is -2.32. The van der Waals surface area contributed by atoms with E-state index >= 15 is 0 Å². The average Bonchev–Trinajstić information content (AvgIpc) is 2.74. The zero-order valence-corrected chi connectivity index (χ0v) is 21.5. The van der Waals surface area contributed by atoms with Crippen LogP contribution in [0.15, 0.2) is 42.5 Å². The summed E-state index contributed by atoms with van der Waals surface area (Å²) >= 11 is 12.0. The van der Waals surface area contributed by atoms with Crippen LogP contribution in [0.25, 0.3) is 0 Å². The molecule has 0 saturated heterocycles. The molecule has 0 radical (unpaired) electrons. The van der Waals surface area contributed by atoms with Crippen LogP contribution in [0, 0.1) is 6.92 Å². The van der Waals surface area contributed by atoms with Crippen molar-refractivity contribution in [1.82, 2.24) is 10.2 Å². The molecule has 0 aliphatic heterocycles. The molecule has 33 heavy (non-hydrogen) atoms. The second kappa shape index (κ2) is 11.7. The van der Waals surface area contributed by atoms with Crippen molar-refractivity contribution in [2.75, 3.05) is 23.7 Å². The Bertz CT molecular complexity index is 1090. The van der Waals surface area contributed by atoms with Crippen LogP contribution in [0.4, 0.5) is 5.69 Å². The van der Waals surface area contributed by atoms with Crippen molar-refractivity contribution in [2.24, 2.45) is 0 Å². The van der Waals surface area contributed by atoms with Gasteiger partial charge in [-0.15, -0.1) is 0 Å². The molecule has 2 amide bonds. The predicted molar refractivity (Wildman–Crippen MR) is 133 cm³/mol. The molecule has 10 heteroatoms. The highest BCUT2D eigenvalue weighted by Crippen LogP contribution is 2.26. The molecule has 0 bridgehead atoms. The fourth-order valence-electron chi connectivity index (χ4n) is 3.26. The first-order valence-corrected chi connectivity index (χ1v) is 13.1. The number of anilines is 1. The van der Waals surface area contributed by atoms with Crippen molar-refractivity contribution < 1.29 is 18.0 Å². The van der Waals surface area contributed by atoms with Crippen LogP contribution in [0.2, 0.25) is 10.0 Å². The third-order valence-electron chi connectivity index (χ3n) is 5.09. The number of hydrogen-bond donors (Lipinski definition) is 1. The Hall–Kier alpha value is -2.29. The first-order chi connectivity index (χ1) is 15.4. The van der Waals surface area contributed by atoms with E-state index in [4.69, 9.17) is 23.2 Å². The SMILES string of the molecule is CCCNC(=O)C(C)N(Cc1ccc(Cl)cc1)C(=O)CN(c1ccc(Cl)cc1C)S(C)(=O)=O. The molecule has 7 nitrogen and oxygen atoms in total. The van der Waals surface area contributed by atoms with Crippen LogP contribution < -0.4 is 9.62 Å². The van der Waals surface area contributed by atoms with Crippen molar-refractivity contribution in [3.63, 3.8) is 0 Å². The number of rotatable bonds is 10. The largest absolute Gasteiger partial charge is 0.354 e. The Morgan fingerprint density at radius 2 is 1.67 bits per heavy atom. The van der Waals surface area contributed by atoms with Crippen molar-refractivity contribution >= 4 is 50.7 Å². The zero-order chi connectivity index (χ0) is 24.8. The van der Waals surface area contributed by atoms with E-state index < -0.39 is 28.5 Å². The lowest BCUT2D eigenvalue weighted by Crippen LogP contribution is -2.51. The molecule has 2 aromatic carbocycles. The number of sulfonamides is 1. The van der Waals surface area contributed by atoms with Crippen LogP contribution in [-0.2, 0) is 26.2 Å². The zero-order valence-electron chi connectivity index (χ0n) is 19.1. The van der Waals surface area contributed by atoms with Gasteiger partial charge in [0.2, 0.25) is 21.8 Å². The first-order valence-electron chi connectivity index (χ1n) is 10.5. The fraction of sp³-hybridized carbons (Fsp3) is 0.391. The van der Waals surface area contributed by atoms with Crippen molar-refractivity contribution in [3.05, 3.63) is 63.6 Å². The van der Waals surface area contributed by atoms with Gasteiger partial charge in [0, 0.05) is 23.1 Å². The minimum absolute atomic E-state index is 0.119. The molecule has 2 aromatic rings. The van der Waals surface area contributed by atoms with Crippen molar-refractivity contribution in [1.29, 1.82) is 0 Å². The number of hydrogen-bond acceptors (Lipinski definition) is 4. The van der Waals surface area contributed by atoms with Crippen molar-refractivity contribution in [2.45, 2.75) is 39.8 Å². The second-order valence-corrected chi connectivity index (χ2v) is 10.6. The highest BCUT2D eigenvalue weighted by atomic mass is 35.5. The van der Waals surface area contributed by atoms with E-state index in [0.29, 0.717) is 27.8 Å². The Labute approximate surface area is 205 Å². The topological polar surface area (TPSA) is 86.8 Å². The number of nitrogens with zero attached hydrogens (tertiary/aromatic N) is 2. The molecule has 1 unspecified atom stereocenters. The molecule has 0 saturated carbocycles. The minimum Gasteiger partial charge on any atom is -0.354 e. The van der Waals surface area contributed by atoms with Gasteiger partial charge < -0.3 is 10.2 Å². The lowest BCUT2D eigenvalue weighted by molar-refractivity contribution is -0.139. The Kier molecular flexibility index (Phi) is 9.57. The summed E-state index contributed by atoms with van der Waals surface area (Å²) in [6, 6.07) is 10.9. The number of nitrogens with one attached hydrogen (secondary N) is 1. The van der Waals surface area contributed by atoms with Crippen LogP contribution in [0.3, 0.4) is 0 Å². The third-order valence-corrected chi connectivity index (χ3v) is 6.70. The van der Waals surface area contributed by atoms with E-state index in [1.54, 1.807) is 56.3 Å². The van der Waals surface area contributed by atoms with Gasteiger partial charge in [-0.25, -0.2) is 8.42 Å². The van der Waals surface area contributed by atoms with Gasteiger partial charge in [0.15, 0.2) is 0 Å². The highest BCUT2D eigenvalue weighted by molar-refractivity contribution is 7.92. The maximum absolute atomic E-state index is 13.4. The number of amides is 2. The molecule has 0 aliphatic carbocycles. The number of aryl methyl sites for hydroxylation is 1. The summed E-state index contributed by atoms with van der Waals surface area (Å²) in [7, 11) is -3.80. The van der Waals surface area contributed by atoms with E-state index in [1.165, 1.54) is 4.90 Å². The number of carbonyl (C=O) groups is 2. The first kappa shape index (κ1) is 27.0. The summed E-state index contributed by atoms with van der Waals surface area (Å²) in [5.74, 6) is -0.823.